The number of hydrogen-bond acceptors (Lipinski definition) is 3. The first kappa shape index (κ1) is 14.5. The van der Waals surface area contributed by atoms with Gasteiger partial charge in [-0.05, 0) is 39.2 Å². The van der Waals surface area contributed by atoms with Crippen LogP contribution in [0.5, 0.6) is 0 Å². The summed E-state index contributed by atoms with van der Waals surface area (Å²) >= 11 is 0. The first-order chi connectivity index (χ1) is 7.88. The molecular weight excluding hydrogens is 216 g/mol. The lowest BCUT2D eigenvalue weighted by molar-refractivity contribution is -0.137. The van der Waals surface area contributed by atoms with Gasteiger partial charge in [-0.2, -0.15) is 0 Å². The van der Waals surface area contributed by atoms with Crippen molar-refractivity contribution in [2.75, 3.05) is 20.2 Å². The van der Waals surface area contributed by atoms with E-state index in [-0.39, 0.29) is 18.6 Å². The predicted octanol–water partition coefficient (Wildman–Crippen LogP) is 0.994. The van der Waals surface area contributed by atoms with Crippen LogP contribution in [0.25, 0.3) is 0 Å². The van der Waals surface area contributed by atoms with Gasteiger partial charge in [-0.25, -0.2) is 0 Å². The molecular formula is C13H26N2O2. The van der Waals surface area contributed by atoms with E-state index in [1.54, 1.807) is 11.9 Å². The first-order valence-corrected chi connectivity index (χ1v) is 6.49. The zero-order valence-corrected chi connectivity index (χ0v) is 11.5. The molecule has 0 spiro atoms. The van der Waals surface area contributed by atoms with Gasteiger partial charge in [0.15, 0.2) is 0 Å². The topological polar surface area (TPSA) is 52.6 Å². The van der Waals surface area contributed by atoms with Gasteiger partial charge in [-0.3, -0.25) is 4.79 Å². The number of nitrogens with one attached hydrogen (secondary N) is 1. The number of carbonyl (C=O) groups is 1. The third-order valence-electron chi connectivity index (χ3n) is 3.99. The van der Waals surface area contributed by atoms with Gasteiger partial charge in [0.1, 0.15) is 0 Å². The second kappa shape index (κ2) is 5.83. The number of rotatable bonds is 4. The number of likely N-dealkylation sites (N-methyl/N-ethyl adjacent to an activating group) is 1. The molecule has 17 heavy (non-hydrogen) atoms. The molecule has 1 amide bonds. The SMILES string of the molecule is CC1CCCNC1CC(=O)N(C)C(C)(C)CO. The smallest absolute Gasteiger partial charge is 0.224 e. The summed E-state index contributed by atoms with van der Waals surface area (Å²) in [5.74, 6) is 0.661. The van der Waals surface area contributed by atoms with Crippen molar-refractivity contribution in [1.82, 2.24) is 10.2 Å². The Morgan fingerprint density at radius 3 is 2.71 bits per heavy atom. The quantitative estimate of drug-likeness (QED) is 0.773. The van der Waals surface area contributed by atoms with Crippen LogP contribution in [0, 0.1) is 5.92 Å². The molecule has 1 heterocycles. The Labute approximate surface area is 104 Å². The van der Waals surface area contributed by atoms with Crippen LogP contribution in [0.2, 0.25) is 0 Å². The van der Waals surface area contributed by atoms with Gasteiger partial charge in [0.25, 0.3) is 0 Å². The Kier molecular flexibility index (Phi) is 4.95. The Bertz CT molecular complexity index is 266. The van der Waals surface area contributed by atoms with E-state index in [0.29, 0.717) is 12.3 Å². The summed E-state index contributed by atoms with van der Waals surface area (Å²) in [6.45, 7) is 6.95. The third-order valence-corrected chi connectivity index (χ3v) is 3.99. The lowest BCUT2D eigenvalue weighted by Crippen LogP contribution is -2.50. The highest BCUT2D eigenvalue weighted by Crippen LogP contribution is 2.20. The Balaban J connectivity index is 2.53. The summed E-state index contributed by atoms with van der Waals surface area (Å²) in [5, 5.41) is 12.7. The zero-order valence-electron chi connectivity index (χ0n) is 11.5. The van der Waals surface area contributed by atoms with Crippen LogP contribution in [-0.4, -0.2) is 47.7 Å². The molecule has 0 aliphatic carbocycles. The average Bonchev–Trinajstić information content (AvgIpc) is 2.31. The van der Waals surface area contributed by atoms with Gasteiger partial charge in [0.2, 0.25) is 5.91 Å². The summed E-state index contributed by atoms with van der Waals surface area (Å²) in [6.07, 6.45) is 2.92. The molecule has 0 aromatic rings. The van der Waals surface area contributed by atoms with Crippen LogP contribution in [0.3, 0.4) is 0 Å². The number of aliphatic hydroxyl groups excluding tert-OH is 1. The summed E-state index contributed by atoms with van der Waals surface area (Å²) in [6, 6.07) is 0.285. The van der Waals surface area contributed by atoms with E-state index >= 15 is 0 Å². The van der Waals surface area contributed by atoms with Crippen molar-refractivity contribution >= 4 is 5.91 Å². The molecule has 0 aromatic heterocycles. The van der Waals surface area contributed by atoms with Crippen molar-refractivity contribution in [3.8, 4) is 0 Å². The minimum Gasteiger partial charge on any atom is -0.394 e. The van der Waals surface area contributed by atoms with Gasteiger partial charge >= 0.3 is 0 Å². The molecule has 4 nitrogen and oxygen atoms in total. The molecule has 1 rings (SSSR count). The van der Waals surface area contributed by atoms with Crippen LogP contribution in [0.1, 0.15) is 40.0 Å². The van der Waals surface area contributed by atoms with Crippen molar-refractivity contribution < 1.29 is 9.90 Å². The van der Waals surface area contributed by atoms with Gasteiger partial charge in [0, 0.05) is 19.5 Å². The molecule has 1 aliphatic heterocycles. The average molecular weight is 242 g/mol. The Morgan fingerprint density at radius 1 is 1.53 bits per heavy atom. The summed E-state index contributed by atoms with van der Waals surface area (Å²) in [4.78, 5) is 13.8. The van der Waals surface area contributed by atoms with E-state index in [9.17, 15) is 9.90 Å². The Hall–Kier alpha value is -0.610. The van der Waals surface area contributed by atoms with Gasteiger partial charge in [-0.15, -0.1) is 0 Å². The third kappa shape index (κ3) is 3.68. The molecule has 0 saturated carbocycles. The van der Waals surface area contributed by atoms with E-state index in [4.69, 9.17) is 0 Å². The number of amides is 1. The van der Waals surface area contributed by atoms with Crippen LogP contribution in [0.4, 0.5) is 0 Å². The predicted molar refractivity (Wildman–Crippen MR) is 68.7 cm³/mol. The second-order valence-electron chi connectivity index (χ2n) is 5.81. The molecule has 2 N–H and O–H groups in total. The van der Waals surface area contributed by atoms with Crippen LogP contribution >= 0.6 is 0 Å². The highest BCUT2D eigenvalue weighted by Gasteiger charge is 2.30. The monoisotopic (exact) mass is 242 g/mol. The number of carbonyl (C=O) groups excluding carboxylic acids is 1. The number of hydrogen-bond donors (Lipinski definition) is 2. The first-order valence-electron chi connectivity index (χ1n) is 6.49. The molecule has 100 valence electrons. The summed E-state index contributed by atoms with van der Waals surface area (Å²) < 4.78 is 0. The number of aliphatic hydroxyl groups is 1. The number of piperidine rings is 1. The number of nitrogens with zero attached hydrogens (tertiary/aromatic N) is 1. The van der Waals surface area contributed by atoms with Crippen molar-refractivity contribution in [2.45, 2.75) is 51.6 Å². The van der Waals surface area contributed by atoms with Crippen LogP contribution in [0.15, 0.2) is 0 Å². The molecule has 1 saturated heterocycles. The van der Waals surface area contributed by atoms with Crippen LogP contribution < -0.4 is 5.32 Å². The van der Waals surface area contributed by atoms with Crippen molar-refractivity contribution in [1.29, 1.82) is 0 Å². The summed E-state index contributed by atoms with van der Waals surface area (Å²) in [7, 11) is 1.77. The summed E-state index contributed by atoms with van der Waals surface area (Å²) in [5.41, 5.74) is -0.477. The maximum Gasteiger partial charge on any atom is 0.224 e. The Morgan fingerprint density at radius 2 is 2.18 bits per heavy atom. The highest BCUT2D eigenvalue weighted by atomic mass is 16.3. The van der Waals surface area contributed by atoms with E-state index in [1.807, 2.05) is 13.8 Å². The zero-order chi connectivity index (χ0) is 13.1. The molecule has 2 unspecified atom stereocenters. The maximum absolute atomic E-state index is 12.1. The van der Waals surface area contributed by atoms with Gasteiger partial charge in [0.05, 0.1) is 12.1 Å². The minimum absolute atomic E-state index is 0.0110. The van der Waals surface area contributed by atoms with Crippen molar-refractivity contribution in [3.63, 3.8) is 0 Å². The highest BCUT2D eigenvalue weighted by molar-refractivity contribution is 5.77. The fraction of sp³-hybridized carbons (Fsp3) is 0.923. The molecule has 0 bridgehead atoms. The molecule has 1 fully saturated rings. The molecule has 2 atom stereocenters. The second-order valence-corrected chi connectivity index (χ2v) is 5.81. The van der Waals surface area contributed by atoms with Crippen molar-refractivity contribution in [2.24, 2.45) is 5.92 Å². The van der Waals surface area contributed by atoms with Crippen LogP contribution in [-0.2, 0) is 4.79 Å². The molecule has 0 aromatic carbocycles. The van der Waals surface area contributed by atoms with E-state index in [2.05, 4.69) is 12.2 Å². The van der Waals surface area contributed by atoms with E-state index < -0.39 is 5.54 Å². The van der Waals surface area contributed by atoms with Crippen molar-refractivity contribution in [3.05, 3.63) is 0 Å². The molecule has 4 heteroatoms. The van der Waals surface area contributed by atoms with E-state index in [1.165, 1.54) is 12.8 Å². The molecule has 0 radical (unpaired) electrons. The van der Waals surface area contributed by atoms with Gasteiger partial charge in [-0.1, -0.05) is 6.92 Å². The standard InChI is InChI=1S/C13H26N2O2/c1-10-6-5-7-14-11(10)8-12(17)15(4)13(2,3)9-16/h10-11,14,16H,5-9H2,1-4H3. The fourth-order valence-corrected chi connectivity index (χ4v) is 2.16. The lowest BCUT2D eigenvalue weighted by Gasteiger charge is -2.36. The lowest BCUT2D eigenvalue weighted by atomic mass is 9.90. The largest absolute Gasteiger partial charge is 0.394 e. The normalized spacial score (nSPS) is 25.7. The minimum atomic E-state index is -0.477. The fourth-order valence-electron chi connectivity index (χ4n) is 2.16. The molecule has 1 aliphatic rings. The van der Waals surface area contributed by atoms with E-state index in [0.717, 1.165) is 6.54 Å². The van der Waals surface area contributed by atoms with Gasteiger partial charge < -0.3 is 15.3 Å². The maximum atomic E-state index is 12.1.